The Morgan fingerprint density at radius 1 is 0.808 bits per heavy atom. The second kappa shape index (κ2) is 7.28. The van der Waals surface area contributed by atoms with Crippen molar-refractivity contribution < 1.29 is 0 Å². The molecule has 4 aromatic rings. The van der Waals surface area contributed by atoms with Gasteiger partial charge in [-0.2, -0.15) is 0 Å². The molecule has 1 aromatic heterocycles. The maximum absolute atomic E-state index is 3.97. The van der Waals surface area contributed by atoms with Crippen LogP contribution in [0.2, 0.25) is 0 Å². The summed E-state index contributed by atoms with van der Waals surface area (Å²) < 4.78 is 0. The smallest absolute Gasteiger partial charge is 0.0465 e. The van der Waals surface area contributed by atoms with Crippen LogP contribution in [0.15, 0.2) is 91.5 Å². The van der Waals surface area contributed by atoms with Crippen LogP contribution in [-0.2, 0) is 6.42 Å². The number of nitrogens with one attached hydrogen (secondary N) is 1. The predicted octanol–water partition coefficient (Wildman–Crippen LogP) is 6.73. The zero-order valence-corrected chi connectivity index (χ0v) is 14.7. The Morgan fingerprint density at radius 2 is 1.54 bits per heavy atom. The van der Waals surface area contributed by atoms with Gasteiger partial charge in [0.05, 0.1) is 0 Å². The fourth-order valence-corrected chi connectivity index (χ4v) is 3.31. The molecule has 0 atom stereocenters. The summed E-state index contributed by atoms with van der Waals surface area (Å²) >= 11 is 0. The average molecular weight is 335 g/mol. The van der Waals surface area contributed by atoms with E-state index in [1.807, 2.05) is 18.2 Å². The van der Waals surface area contributed by atoms with Crippen molar-refractivity contribution in [1.29, 1.82) is 0 Å². The predicted molar refractivity (Wildman–Crippen MR) is 113 cm³/mol. The molecule has 0 saturated carbocycles. The molecular formula is C25H21N. The summed E-state index contributed by atoms with van der Waals surface area (Å²) in [6.45, 7) is 3.97. The van der Waals surface area contributed by atoms with Gasteiger partial charge in [0.2, 0.25) is 0 Å². The second-order valence-corrected chi connectivity index (χ2v) is 6.37. The minimum atomic E-state index is 0.919. The molecule has 0 radical (unpaired) electrons. The molecule has 1 N–H and O–H groups in total. The van der Waals surface area contributed by atoms with Gasteiger partial charge in [-0.25, -0.2) is 0 Å². The highest BCUT2D eigenvalue weighted by Gasteiger charge is 2.08. The minimum absolute atomic E-state index is 0.919. The first-order valence-electron chi connectivity index (χ1n) is 8.89. The number of hydrogen-bond acceptors (Lipinski definition) is 0. The third kappa shape index (κ3) is 3.25. The molecule has 0 aliphatic rings. The number of hydrogen-bond donors (Lipinski definition) is 1. The highest BCUT2D eigenvalue weighted by atomic mass is 14.7. The Labute approximate surface area is 154 Å². The van der Waals surface area contributed by atoms with Crippen LogP contribution >= 0.6 is 0 Å². The molecule has 0 aliphatic carbocycles. The van der Waals surface area contributed by atoms with E-state index in [-0.39, 0.29) is 0 Å². The van der Waals surface area contributed by atoms with Gasteiger partial charge in [0.25, 0.3) is 0 Å². The summed E-state index contributed by atoms with van der Waals surface area (Å²) in [6, 6.07) is 27.6. The Kier molecular flexibility index (Phi) is 4.53. The molecule has 0 unspecified atom stereocenters. The number of fused-ring (bicyclic) bond motifs is 1. The number of H-pyrrole nitrogens is 1. The van der Waals surface area contributed by atoms with E-state index in [4.69, 9.17) is 0 Å². The zero-order chi connectivity index (χ0) is 17.8. The first-order valence-corrected chi connectivity index (χ1v) is 8.89. The van der Waals surface area contributed by atoms with Crippen LogP contribution in [0, 0.1) is 0 Å². The molecule has 0 aliphatic heterocycles. The number of allylic oxidation sites excluding steroid dienone is 1. The highest BCUT2D eigenvalue weighted by molar-refractivity contribution is 5.95. The lowest BCUT2D eigenvalue weighted by molar-refractivity contribution is 1.28. The van der Waals surface area contributed by atoms with Gasteiger partial charge in [0.15, 0.2) is 0 Å². The van der Waals surface area contributed by atoms with Gasteiger partial charge in [-0.05, 0) is 41.3 Å². The molecule has 126 valence electrons. The summed E-state index contributed by atoms with van der Waals surface area (Å²) in [5, 5.41) is 1.23. The Morgan fingerprint density at radius 3 is 2.27 bits per heavy atom. The van der Waals surface area contributed by atoms with Crippen LogP contribution in [0.3, 0.4) is 0 Å². The van der Waals surface area contributed by atoms with E-state index in [1.54, 1.807) is 0 Å². The van der Waals surface area contributed by atoms with Crippen LogP contribution in [0.25, 0.3) is 34.2 Å². The van der Waals surface area contributed by atoms with Crippen molar-refractivity contribution in [2.75, 3.05) is 0 Å². The molecule has 0 fully saturated rings. The highest BCUT2D eigenvalue weighted by Crippen LogP contribution is 2.30. The van der Waals surface area contributed by atoms with Crippen molar-refractivity contribution in [2.24, 2.45) is 0 Å². The maximum atomic E-state index is 3.97. The van der Waals surface area contributed by atoms with Crippen LogP contribution in [0.1, 0.15) is 16.8 Å². The molecule has 4 rings (SSSR count). The van der Waals surface area contributed by atoms with Gasteiger partial charge < -0.3 is 4.98 Å². The molecule has 1 nitrogen and oxygen atoms in total. The van der Waals surface area contributed by atoms with Crippen LogP contribution in [0.5, 0.6) is 0 Å². The van der Waals surface area contributed by atoms with Gasteiger partial charge in [0.1, 0.15) is 0 Å². The van der Waals surface area contributed by atoms with Crippen molar-refractivity contribution in [3.8, 4) is 11.1 Å². The fourth-order valence-electron chi connectivity index (χ4n) is 3.31. The van der Waals surface area contributed by atoms with Crippen molar-refractivity contribution in [3.05, 3.63) is 108 Å². The van der Waals surface area contributed by atoms with Crippen LogP contribution < -0.4 is 0 Å². The van der Waals surface area contributed by atoms with Gasteiger partial charge in [0, 0.05) is 22.2 Å². The number of aromatic amines is 1. The van der Waals surface area contributed by atoms with E-state index < -0.39 is 0 Å². The van der Waals surface area contributed by atoms with E-state index in [9.17, 15) is 0 Å². The standard InChI is InChI=1S/C25H21N/c1-2-24-22(15-9-12-19-10-5-3-6-11-19)23-18-21(16-17-25(23)26-24)20-13-7-4-8-14-20/h2-11,13-18,26H,1,12H2/b15-9-. The third-order valence-electron chi connectivity index (χ3n) is 4.66. The van der Waals surface area contributed by atoms with E-state index in [0.29, 0.717) is 0 Å². The molecule has 0 saturated heterocycles. The molecule has 1 heterocycles. The van der Waals surface area contributed by atoms with Gasteiger partial charge in [-0.15, -0.1) is 0 Å². The first kappa shape index (κ1) is 16.2. The SMILES string of the molecule is C=Cc1[nH]c2ccc(-c3ccccc3)cc2c1/C=C\Cc1ccccc1. The summed E-state index contributed by atoms with van der Waals surface area (Å²) in [5.41, 5.74) is 7.17. The van der Waals surface area contributed by atoms with Gasteiger partial charge in [-0.1, -0.05) is 85.5 Å². The van der Waals surface area contributed by atoms with Crippen molar-refractivity contribution >= 4 is 23.1 Å². The quantitative estimate of drug-likeness (QED) is 0.416. The topological polar surface area (TPSA) is 15.8 Å². The zero-order valence-electron chi connectivity index (χ0n) is 14.7. The van der Waals surface area contributed by atoms with Crippen LogP contribution in [-0.4, -0.2) is 4.98 Å². The van der Waals surface area contributed by atoms with Crippen LogP contribution in [0.4, 0.5) is 0 Å². The lowest BCUT2D eigenvalue weighted by atomic mass is 10.0. The number of benzene rings is 3. The van der Waals surface area contributed by atoms with E-state index >= 15 is 0 Å². The Balaban J connectivity index is 1.73. The molecular weight excluding hydrogens is 314 g/mol. The Hall–Kier alpha value is -3.32. The first-order chi connectivity index (χ1) is 12.8. The normalized spacial score (nSPS) is 11.2. The lowest BCUT2D eigenvalue weighted by Crippen LogP contribution is -1.80. The average Bonchev–Trinajstić information content (AvgIpc) is 3.06. The van der Waals surface area contributed by atoms with Crippen molar-refractivity contribution in [2.45, 2.75) is 6.42 Å². The fraction of sp³-hybridized carbons (Fsp3) is 0.0400. The molecule has 26 heavy (non-hydrogen) atoms. The molecule has 0 amide bonds. The van der Waals surface area contributed by atoms with Gasteiger partial charge >= 0.3 is 0 Å². The maximum Gasteiger partial charge on any atom is 0.0465 e. The van der Waals surface area contributed by atoms with E-state index in [0.717, 1.165) is 17.6 Å². The lowest BCUT2D eigenvalue weighted by Gasteiger charge is -2.02. The summed E-state index contributed by atoms with van der Waals surface area (Å²) in [6.07, 6.45) is 7.24. The van der Waals surface area contributed by atoms with E-state index in [2.05, 4.69) is 90.4 Å². The molecule has 1 heteroatoms. The minimum Gasteiger partial charge on any atom is -0.355 e. The summed E-state index contributed by atoms with van der Waals surface area (Å²) in [5.74, 6) is 0. The van der Waals surface area contributed by atoms with Crippen molar-refractivity contribution in [1.82, 2.24) is 4.98 Å². The van der Waals surface area contributed by atoms with Crippen molar-refractivity contribution in [3.63, 3.8) is 0 Å². The summed E-state index contributed by atoms with van der Waals surface area (Å²) in [7, 11) is 0. The number of aromatic nitrogens is 1. The second-order valence-electron chi connectivity index (χ2n) is 6.37. The molecule has 0 spiro atoms. The molecule has 3 aromatic carbocycles. The summed E-state index contributed by atoms with van der Waals surface area (Å²) in [4.78, 5) is 3.47. The third-order valence-corrected chi connectivity index (χ3v) is 4.66. The Bertz CT molecular complexity index is 1050. The van der Waals surface area contributed by atoms with Gasteiger partial charge in [-0.3, -0.25) is 0 Å². The largest absolute Gasteiger partial charge is 0.355 e. The molecule has 0 bridgehead atoms. The van der Waals surface area contributed by atoms with E-state index in [1.165, 1.54) is 27.6 Å². The number of rotatable bonds is 5. The monoisotopic (exact) mass is 335 g/mol.